The molecule has 2 aromatic heterocycles. The van der Waals surface area contributed by atoms with Gasteiger partial charge in [0.2, 0.25) is 0 Å². The van der Waals surface area contributed by atoms with Crippen LogP contribution in [0.2, 0.25) is 0 Å². The van der Waals surface area contributed by atoms with E-state index in [1.807, 2.05) is 6.07 Å². The first-order valence-corrected chi connectivity index (χ1v) is 9.54. The lowest BCUT2D eigenvalue weighted by Crippen LogP contribution is -2.39. The maximum Gasteiger partial charge on any atom is 0.490 e. The number of aromatic nitrogens is 2. The Morgan fingerprint density at radius 1 is 1.29 bits per heavy atom. The number of fused-ring (bicyclic) bond motifs is 1. The number of carbonyl (C=O) groups is 3. The molecular formula is C19H21F3N4O5. The van der Waals surface area contributed by atoms with Crippen LogP contribution in [0.15, 0.2) is 24.7 Å². The zero-order valence-electron chi connectivity index (χ0n) is 16.3. The number of carbonyl (C=O) groups excluding carboxylic acids is 2. The Labute approximate surface area is 174 Å². The number of alkyl halides is 3. The van der Waals surface area contributed by atoms with Gasteiger partial charge in [-0.2, -0.15) is 13.2 Å². The number of rotatable bonds is 3. The van der Waals surface area contributed by atoms with Crippen molar-refractivity contribution in [1.29, 1.82) is 0 Å². The van der Waals surface area contributed by atoms with Crippen LogP contribution >= 0.6 is 0 Å². The summed E-state index contributed by atoms with van der Waals surface area (Å²) in [5, 5.41) is 14.1. The number of carboxylic acids is 1. The second-order valence-electron chi connectivity index (χ2n) is 7.40. The molecule has 0 aromatic carbocycles. The van der Waals surface area contributed by atoms with Crippen molar-refractivity contribution in [3.05, 3.63) is 30.2 Å². The molecule has 31 heavy (non-hydrogen) atoms. The number of halogens is 3. The average molecular weight is 442 g/mol. The fraction of sp³-hybridized carbons (Fsp3) is 0.474. The van der Waals surface area contributed by atoms with E-state index in [-0.39, 0.29) is 23.4 Å². The molecule has 2 saturated heterocycles. The summed E-state index contributed by atoms with van der Waals surface area (Å²) >= 11 is 0. The highest BCUT2D eigenvalue weighted by Crippen LogP contribution is 2.41. The number of nitrogens with one attached hydrogen (secondary N) is 3. The van der Waals surface area contributed by atoms with E-state index >= 15 is 0 Å². The highest BCUT2D eigenvalue weighted by atomic mass is 19.4. The van der Waals surface area contributed by atoms with Crippen molar-refractivity contribution in [2.45, 2.75) is 31.5 Å². The van der Waals surface area contributed by atoms with Gasteiger partial charge in [0.05, 0.1) is 29.2 Å². The number of cyclic esters (lactones) is 1. The standard InChI is InChI=1S/C17H20N4O3.C2HF3O2/c22-15(13-9-19-10-14-12(13)1-4-20-14)21-8-11-7-17(16(23)24-11)2-5-18-6-3-17;3-2(4,5)1(6)7/h1,4,9-11,18,20H,2-3,5-8H2,(H,21,22);(H,6,7). The first-order valence-electron chi connectivity index (χ1n) is 9.54. The third-order valence-corrected chi connectivity index (χ3v) is 5.34. The van der Waals surface area contributed by atoms with Crippen LogP contribution in [-0.2, 0) is 14.3 Å². The number of nitrogens with zero attached hydrogens (tertiary/aromatic N) is 1. The van der Waals surface area contributed by atoms with Crippen LogP contribution in [0.25, 0.3) is 10.9 Å². The molecule has 4 rings (SSSR count). The molecule has 2 aromatic rings. The predicted octanol–water partition coefficient (Wildman–Crippen LogP) is 1.61. The van der Waals surface area contributed by atoms with Crippen LogP contribution in [0.5, 0.6) is 0 Å². The SMILES string of the molecule is O=C(NCC1CC2(CCNCC2)C(=O)O1)c1cncc2[nH]ccc12.O=C(O)C(F)(F)F. The van der Waals surface area contributed by atoms with Crippen LogP contribution in [-0.4, -0.2) is 64.8 Å². The Balaban J connectivity index is 0.000000339. The molecule has 4 heterocycles. The zero-order valence-corrected chi connectivity index (χ0v) is 16.3. The summed E-state index contributed by atoms with van der Waals surface area (Å²) in [5.74, 6) is -3.07. The summed E-state index contributed by atoms with van der Waals surface area (Å²) in [5.41, 5.74) is 0.987. The van der Waals surface area contributed by atoms with Crippen molar-refractivity contribution in [3.8, 4) is 0 Å². The second kappa shape index (κ2) is 8.92. The monoisotopic (exact) mass is 442 g/mol. The quantitative estimate of drug-likeness (QED) is 0.531. The number of hydrogen-bond donors (Lipinski definition) is 4. The van der Waals surface area contributed by atoms with E-state index in [2.05, 4.69) is 20.6 Å². The lowest BCUT2D eigenvalue weighted by atomic mass is 9.76. The van der Waals surface area contributed by atoms with Gasteiger partial charge in [-0.25, -0.2) is 4.79 Å². The molecule has 12 heteroatoms. The molecule has 2 aliphatic heterocycles. The number of aliphatic carboxylic acids is 1. The molecule has 4 N–H and O–H groups in total. The molecule has 2 fully saturated rings. The van der Waals surface area contributed by atoms with E-state index in [0.717, 1.165) is 36.8 Å². The van der Waals surface area contributed by atoms with Crippen molar-refractivity contribution in [3.63, 3.8) is 0 Å². The van der Waals surface area contributed by atoms with Crippen LogP contribution < -0.4 is 10.6 Å². The van der Waals surface area contributed by atoms with Gasteiger partial charge in [0.1, 0.15) is 6.10 Å². The zero-order chi connectivity index (χ0) is 22.6. The van der Waals surface area contributed by atoms with Gasteiger partial charge in [-0.15, -0.1) is 0 Å². The van der Waals surface area contributed by atoms with Gasteiger partial charge in [-0.3, -0.25) is 14.6 Å². The van der Waals surface area contributed by atoms with Crippen molar-refractivity contribution < 1.29 is 37.4 Å². The van der Waals surface area contributed by atoms with E-state index in [4.69, 9.17) is 14.6 Å². The molecule has 0 aliphatic carbocycles. The van der Waals surface area contributed by atoms with E-state index in [1.54, 1.807) is 18.6 Å². The van der Waals surface area contributed by atoms with Gasteiger partial charge in [-0.1, -0.05) is 0 Å². The third kappa shape index (κ3) is 5.13. The topological polar surface area (TPSA) is 133 Å². The number of pyridine rings is 1. The number of piperidine rings is 1. The number of ether oxygens (including phenoxy) is 1. The van der Waals surface area contributed by atoms with E-state index in [1.165, 1.54) is 0 Å². The molecule has 0 radical (unpaired) electrons. The van der Waals surface area contributed by atoms with Crippen LogP contribution in [0.3, 0.4) is 0 Å². The predicted molar refractivity (Wildman–Crippen MR) is 101 cm³/mol. The molecule has 1 atom stereocenters. The van der Waals surface area contributed by atoms with Gasteiger partial charge in [0.15, 0.2) is 0 Å². The normalized spacial score (nSPS) is 20.1. The second-order valence-corrected chi connectivity index (χ2v) is 7.40. The van der Waals surface area contributed by atoms with Gasteiger partial charge in [0.25, 0.3) is 5.91 Å². The minimum Gasteiger partial charge on any atom is -0.475 e. The highest BCUT2D eigenvalue weighted by Gasteiger charge is 2.49. The van der Waals surface area contributed by atoms with Crippen molar-refractivity contribution in [1.82, 2.24) is 20.6 Å². The third-order valence-electron chi connectivity index (χ3n) is 5.34. The number of aromatic amines is 1. The largest absolute Gasteiger partial charge is 0.490 e. The molecule has 1 amide bonds. The van der Waals surface area contributed by atoms with Crippen LogP contribution in [0.1, 0.15) is 29.6 Å². The first-order chi connectivity index (χ1) is 14.6. The first kappa shape index (κ1) is 22.5. The van der Waals surface area contributed by atoms with E-state index in [9.17, 15) is 22.8 Å². The van der Waals surface area contributed by atoms with Gasteiger partial charge in [0, 0.05) is 24.2 Å². The molecule has 1 spiro atoms. The summed E-state index contributed by atoms with van der Waals surface area (Å²) in [7, 11) is 0. The summed E-state index contributed by atoms with van der Waals surface area (Å²) in [6, 6.07) is 1.85. The van der Waals surface area contributed by atoms with Gasteiger partial charge in [-0.05, 0) is 32.0 Å². The molecule has 2 aliphatic rings. The van der Waals surface area contributed by atoms with E-state index < -0.39 is 12.1 Å². The lowest BCUT2D eigenvalue weighted by Gasteiger charge is -2.29. The molecule has 0 saturated carbocycles. The fourth-order valence-electron chi connectivity index (χ4n) is 3.73. The summed E-state index contributed by atoms with van der Waals surface area (Å²) in [6.07, 6.45) is 1.99. The Hall–Kier alpha value is -3.15. The van der Waals surface area contributed by atoms with Gasteiger partial charge < -0.3 is 25.5 Å². The minimum atomic E-state index is -5.08. The average Bonchev–Trinajstić information content (AvgIpc) is 3.31. The molecule has 1 unspecified atom stereocenters. The maximum absolute atomic E-state index is 12.4. The Morgan fingerprint density at radius 2 is 1.97 bits per heavy atom. The Kier molecular flexibility index (Phi) is 6.48. The molecular weight excluding hydrogens is 421 g/mol. The fourth-order valence-corrected chi connectivity index (χ4v) is 3.73. The van der Waals surface area contributed by atoms with Gasteiger partial charge >= 0.3 is 18.1 Å². The number of hydrogen-bond acceptors (Lipinski definition) is 6. The molecule has 0 bridgehead atoms. The smallest absolute Gasteiger partial charge is 0.475 e. The number of amides is 1. The van der Waals surface area contributed by atoms with E-state index in [0.29, 0.717) is 18.5 Å². The number of carboxylic acid groups (broad SMARTS) is 1. The summed E-state index contributed by atoms with van der Waals surface area (Å²) in [4.78, 5) is 40.7. The minimum absolute atomic E-state index is 0.113. The van der Waals surface area contributed by atoms with Crippen molar-refractivity contribution in [2.75, 3.05) is 19.6 Å². The maximum atomic E-state index is 12.4. The number of H-pyrrole nitrogens is 1. The summed E-state index contributed by atoms with van der Waals surface area (Å²) < 4.78 is 37.2. The molecule has 168 valence electrons. The van der Waals surface area contributed by atoms with Crippen LogP contribution in [0, 0.1) is 5.41 Å². The highest BCUT2D eigenvalue weighted by molar-refractivity contribution is 6.05. The Morgan fingerprint density at radius 3 is 2.61 bits per heavy atom. The van der Waals surface area contributed by atoms with Crippen LogP contribution in [0.4, 0.5) is 13.2 Å². The van der Waals surface area contributed by atoms with Crippen molar-refractivity contribution >= 4 is 28.7 Å². The van der Waals surface area contributed by atoms with Crippen molar-refractivity contribution in [2.24, 2.45) is 5.41 Å². The molecule has 9 nitrogen and oxygen atoms in total. The number of esters is 1. The Bertz CT molecular complexity index is 969. The lowest BCUT2D eigenvalue weighted by molar-refractivity contribution is -0.192. The summed E-state index contributed by atoms with van der Waals surface area (Å²) in [6.45, 7) is 2.02.